The number of imidazole rings is 1. The molecule has 1 fully saturated rings. The van der Waals surface area contributed by atoms with Crippen LogP contribution in [-0.4, -0.2) is 60.6 Å². The van der Waals surface area contributed by atoms with E-state index in [2.05, 4.69) is 55.1 Å². The van der Waals surface area contributed by atoms with E-state index in [-0.39, 0.29) is 0 Å². The smallest absolute Gasteiger partial charge is 0.165 e. The lowest BCUT2D eigenvalue weighted by Crippen LogP contribution is -2.46. The number of nitriles is 1. The third kappa shape index (κ3) is 5.14. The Morgan fingerprint density at radius 1 is 0.791 bits per heavy atom. The normalized spacial score (nSPS) is 13.7. The van der Waals surface area contributed by atoms with Crippen LogP contribution < -0.4 is 10.6 Å². The highest BCUT2D eigenvalue weighted by atomic mass is 15.3. The Bertz CT molecular complexity index is 1940. The molecule has 0 atom stereocenters. The predicted molar refractivity (Wildman–Crippen MR) is 166 cm³/mol. The summed E-state index contributed by atoms with van der Waals surface area (Å²) in [4.78, 5) is 27.4. The number of rotatable bonds is 6. The predicted octanol–water partition coefficient (Wildman–Crippen LogP) is 4.72. The number of hydrogen-bond donors (Lipinski definition) is 1. The molecule has 0 radical (unpaired) electrons. The molecule has 2 N–H and O–H groups in total. The van der Waals surface area contributed by atoms with Crippen molar-refractivity contribution in [3.8, 4) is 34.4 Å². The van der Waals surface area contributed by atoms with Crippen molar-refractivity contribution in [3.05, 3.63) is 109 Å². The number of nitrogen functional groups attached to an aromatic ring is 1. The van der Waals surface area contributed by atoms with Crippen molar-refractivity contribution in [3.63, 3.8) is 0 Å². The minimum atomic E-state index is 0.395. The summed E-state index contributed by atoms with van der Waals surface area (Å²) in [5, 5.41) is 9.69. The van der Waals surface area contributed by atoms with Gasteiger partial charge in [-0.25, -0.2) is 24.9 Å². The Labute approximate surface area is 248 Å². The molecular weight excluding hydrogens is 536 g/mol. The molecule has 1 aliphatic rings. The molecule has 0 unspecified atom stereocenters. The van der Waals surface area contributed by atoms with Crippen LogP contribution in [0.4, 0.5) is 11.6 Å². The first-order chi connectivity index (χ1) is 21.2. The summed E-state index contributed by atoms with van der Waals surface area (Å²) in [5.41, 5.74) is 12.6. The minimum absolute atomic E-state index is 0.395. The number of piperazine rings is 1. The van der Waals surface area contributed by atoms with Crippen LogP contribution in [0, 0.1) is 11.3 Å². The van der Waals surface area contributed by atoms with Crippen LogP contribution >= 0.6 is 0 Å². The molecular formula is C33H28N10. The Hall–Kier alpha value is -5.66. The Morgan fingerprint density at radius 2 is 1.60 bits per heavy atom. The lowest BCUT2D eigenvalue weighted by atomic mass is 10.1. The molecule has 0 saturated carbocycles. The van der Waals surface area contributed by atoms with E-state index in [1.807, 2.05) is 53.1 Å². The first-order valence-corrected chi connectivity index (χ1v) is 14.1. The van der Waals surface area contributed by atoms with E-state index in [4.69, 9.17) is 15.7 Å². The summed E-state index contributed by atoms with van der Waals surface area (Å²) in [6.07, 6.45) is 5.06. The summed E-state index contributed by atoms with van der Waals surface area (Å²) in [6.45, 7) is 4.63. The van der Waals surface area contributed by atoms with Gasteiger partial charge in [-0.2, -0.15) is 5.26 Å². The summed E-state index contributed by atoms with van der Waals surface area (Å²) < 4.78 is 2.02. The molecule has 0 spiro atoms. The molecule has 0 bridgehead atoms. The van der Waals surface area contributed by atoms with Crippen LogP contribution in [0.5, 0.6) is 0 Å². The fourth-order valence-electron chi connectivity index (χ4n) is 5.56. The van der Waals surface area contributed by atoms with Gasteiger partial charge in [0.05, 0.1) is 22.9 Å². The number of anilines is 2. The topological polar surface area (TPSA) is 126 Å². The molecule has 6 aromatic rings. The van der Waals surface area contributed by atoms with Crippen molar-refractivity contribution in [2.45, 2.75) is 6.54 Å². The van der Waals surface area contributed by atoms with Crippen molar-refractivity contribution in [1.82, 2.24) is 34.4 Å². The molecule has 210 valence electrons. The van der Waals surface area contributed by atoms with Crippen molar-refractivity contribution < 1.29 is 0 Å². The van der Waals surface area contributed by atoms with Crippen molar-refractivity contribution in [2.24, 2.45) is 0 Å². The highest BCUT2D eigenvalue weighted by Gasteiger charge is 2.21. The van der Waals surface area contributed by atoms with Crippen molar-refractivity contribution in [1.29, 1.82) is 5.26 Å². The molecule has 43 heavy (non-hydrogen) atoms. The molecule has 1 aliphatic heterocycles. The lowest BCUT2D eigenvalue weighted by molar-refractivity contribution is 0.249. The zero-order valence-corrected chi connectivity index (χ0v) is 23.4. The van der Waals surface area contributed by atoms with E-state index in [9.17, 15) is 5.26 Å². The summed E-state index contributed by atoms with van der Waals surface area (Å²) >= 11 is 0. The molecule has 4 aromatic heterocycles. The van der Waals surface area contributed by atoms with Gasteiger partial charge in [0, 0.05) is 56.4 Å². The number of fused-ring (bicyclic) bond motifs is 1. The highest BCUT2D eigenvalue weighted by molar-refractivity contribution is 5.85. The monoisotopic (exact) mass is 564 g/mol. The number of nitrogens with two attached hydrogens (primary N) is 1. The largest absolute Gasteiger partial charge is 0.383 e. The highest BCUT2D eigenvalue weighted by Crippen LogP contribution is 2.32. The third-order valence-corrected chi connectivity index (χ3v) is 7.77. The number of hydrogen-bond acceptors (Lipinski definition) is 9. The molecule has 2 aromatic carbocycles. The van der Waals surface area contributed by atoms with Gasteiger partial charge in [-0.3, -0.25) is 9.47 Å². The van der Waals surface area contributed by atoms with Crippen molar-refractivity contribution >= 4 is 22.8 Å². The molecule has 0 amide bonds. The van der Waals surface area contributed by atoms with E-state index in [0.29, 0.717) is 28.5 Å². The first-order valence-electron chi connectivity index (χ1n) is 14.1. The van der Waals surface area contributed by atoms with Crippen LogP contribution in [0.1, 0.15) is 11.1 Å². The molecule has 0 aliphatic carbocycles. The number of nitrogens with zero attached hydrogens (tertiary/aromatic N) is 9. The van der Waals surface area contributed by atoms with Crippen molar-refractivity contribution in [2.75, 3.05) is 36.8 Å². The van der Waals surface area contributed by atoms with Gasteiger partial charge in [0.15, 0.2) is 11.5 Å². The molecule has 10 heteroatoms. The van der Waals surface area contributed by atoms with Gasteiger partial charge >= 0.3 is 0 Å². The maximum Gasteiger partial charge on any atom is 0.165 e. The summed E-state index contributed by atoms with van der Waals surface area (Å²) in [5.74, 6) is 2.03. The second-order valence-electron chi connectivity index (χ2n) is 10.4. The number of benzene rings is 2. The Morgan fingerprint density at radius 3 is 2.37 bits per heavy atom. The standard InChI is InChI=1S/C33H28N10/c34-20-24-4-1-2-5-26(24)28-11-12-29-33(39-28)43(32(40-29)27-6-3-14-37-31(27)35)25-9-7-23(8-10-25)21-41-16-18-42(19-17-41)30-13-15-36-22-38-30/h1-15,22H,16-19,21H2,(H2,35,37). The number of aromatic nitrogens is 6. The third-order valence-electron chi connectivity index (χ3n) is 7.77. The van der Waals surface area contributed by atoms with E-state index in [0.717, 1.165) is 60.9 Å². The van der Waals surface area contributed by atoms with Crippen LogP contribution in [-0.2, 0) is 6.54 Å². The van der Waals surface area contributed by atoms with Crippen LogP contribution in [0.3, 0.4) is 0 Å². The lowest BCUT2D eigenvalue weighted by Gasteiger charge is -2.35. The molecule has 7 rings (SSSR count). The fraction of sp³-hybridized carbons (Fsp3) is 0.152. The zero-order valence-electron chi connectivity index (χ0n) is 23.4. The van der Waals surface area contributed by atoms with Gasteiger partial charge in [-0.15, -0.1) is 0 Å². The van der Waals surface area contributed by atoms with Gasteiger partial charge in [0.1, 0.15) is 23.5 Å². The SMILES string of the molecule is N#Cc1ccccc1-c1ccc2nc(-c3cccnc3N)n(-c3ccc(CN4CCN(c5ccncn5)CC4)cc3)c2n1. The van der Waals surface area contributed by atoms with Gasteiger partial charge in [0.2, 0.25) is 0 Å². The second-order valence-corrected chi connectivity index (χ2v) is 10.4. The molecule has 10 nitrogen and oxygen atoms in total. The molecule has 1 saturated heterocycles. The van der Waals surface area contributed by atoms with Gasteiger partial charge in [0.25, 0.3) is 0 Å². The van der Waals surface area contributed by atoms with Gasteiger partial charge < -0.3 is 10.6 Å². The van der Waals surface area contributed by atoms with Crippen LogP contribution in [0.15, 0.2) is 97.6 Å². The zero-order chi connectivity index (χ0) is 29.2. The summed E-state index contributed by atoms with van der Waals surface area (Å²) in [6, 6.07) is 27.8. The average Bonchev–Trinajstić information content (AvgIpc) is 3.44. The second kappa shape index (κ2) is 11.3. The minimum Gasteiger partial charge on any atom is -0.383 e. The maximum atomic E-state index is 9.69. The van der Waals surface area contributed by atoms with Crippen LogP contribution in [0.2, 0.25) is 0 Å². The van der Waals surface area contributed by atoms with E-state index in [1.54, 1.807) is 24.8 Å². The quantitative estimate of drug-likeness (QED) is 0.306. The van der Waals surface area contributed by atoms with E-state index >= 15 is 0 Å². The number of pyridine rings is 2. The van der Waals surface area contributed by atoms with E-state index < -0.39 is 0 Å². The molecule has 5 heterocycles. The van der Waals surface area contributed by atoms with Gasteiger partial charge in [-0.1, -0.05) is 30.3 Å². The summed E-state index contributed by atoms with van der Waals surface area (Å²) in [7, 11) is 0. The van der Waals surface area contributed by atoms with Crippen LogP contribution in [0.25, 0.3) is 39.5 Å². The first kappa shape index (κ1) is 26.3. The Balaban J connectivity index is 1.22. The Kier molecular flexibility index (Phi) is 6.91. The maximum absolute atomic E-state index is 9.69. The van der Waals surface area contributed by atoms with Gasteiger partial charge in [-0.05, 0) is 54.1 Å². The fourth-order valence-corrected chi connectivity index (χ4v) is 5.56. The van der Waals surface area contributed by atoms with E-state index in [1.165, 1.54) is 5.56 Å². The average molecular weight is 565 g/mol.